The maximum Gasteiger partial charge on any atom is 0.307 e. The van der Waals surface area contributed by atoms with Crippen LogP contribution in [0.25, 0.3) is 0 Å². The van der Waals surface area contributed by atoms with Gasteiger partial charge in [-0.05, 0) is 37.1 Å². The number of phenolic OH excluding ortho intramolecular Hbond substituents is 1. The molecular formula is C12H13NO4. The third kappa shape index (κ3) is 2.38. The van der Waals surface area contributed by atoms with Gasteiger partial charge in [-0.3, -0.25) is 9.59 Å². The topological polar surface area (TPSA) is 86.6 Å². The second-order valence-corrected chi connectivity index (χ2v) is 4.28. The summed E-state index contributed by atoms with van der Waals surface area (Å²) in [5.41, 5.74) is 1.23. The number of carboxylic acid groups (broad SMARTS) is 1. The number of aryl methyl sites for hydroxylation is 1. The largest absolute Gasteiger partial charge is 0.508 e. The molecule has 17 heavy (non-hydrogen) atoms. The molecular weight excluding hydrogens is 222 g/mol. The van der Waals surface area contributed by atoms with Gasteiger partial charge in [0.2, 0.25) is 5.91 Å². The van der Waals surface area contributed by atoms with Crippen molar-refractivity contribution in [3.8, 4) is 5.75 Å². The zero-order chi connectivity index (χ0) is 12.6. The molecule has 0 aliphatic heterocycles. The highest BCUT2D eigenvalue weighted by atomic mass is 16.4. The molecule has 1 aromatic rings. The Bertz CT molecular complexity index is 483. The molecule has 3 N–H and O–H groups in total. The van der Waals surface area contributed by atoms with Crippen molar-refractivity contribution in [1.82, 2.24) is 0 Å². The summed E-state index contributed by atoms with van der Waals surface area (Å²) in [7, 11) is 0. The predicted octanol–water partition coefficient (Wildman–Crippen LogP) is 1.36. The molecule has 1 fully saturated rings. The number of amides is 1. The van der Waals surface area contributed by atoms with Crippen LogP contribution in [0.15, 0.2) is 18.2 Å². The van der Waals surface area contributed by atoms with Crippen LogP contribution >= 0.6 is 0 Å². The first-order valence-corrected chi connectivity index (χ1v) is 5.32. The molecule has 0 unspecified atom stereocenters. The van der Waals surface area contributed by atoms with Gasteiger partial charge in [0, 0.05) is 5.69 Å². The van der Waals surface area contributed by atoms with E-state index in [0.717, 1.165) is 0 Å². The van der Waals surface area contributed by atoms with Gasteiger partial charge in [0.15, 0.2) is 0 Å². The van der Waals surface area contributed by atoms with Gasteiger partial charge in [-0.2, -0.15) is 0 Å². The molecule has 90 valence electrons. The Kier molecular flexibility index (Phi) is 2.75. The molecule has 0 radical (unpaired) electrons. The molecule has 2 atom stereocenters. The first-order chi connectivity index (χ1) is 7.99. The summed E-state index contributed by atoms with van der Waals surface area (Å²) in [5, 5.41) is 20.7. The van der Waals surface area contributed by atoms with E-state index in [-0.39, 0.29) is 11.7 Å². The fraction of sp³-hybridized carbons (Fsp3) is 0.333. The highest BCUT2D eigenvalue weighted by Gasteiger charge is 2.48. The Labute approximate surface area is 98.1 Å². The van der Waals surface area contributed by atoms with E-state index < -0.39 is 17.8 Å². The van der Waals surface area contributed by atoms with Crippen LogP contribution in [0.5, 0.6) is 5.75 Å². The number of hydrogen-bond acceptors (Lipinski definition) is 3. The smallest absolute Gasteiger partial charge is 0.307 e. The highest BCUT2D eigenvalue weighted by Crippen LogP contribution is 2.39. The third-order valence-corrected chi connectivity index (χ3v) is 2.91. The van der Waals surface area contributed by atoms with Crippen molar-refractivity contribution in [3.05, 3.63) is 23.8 Å². The Morgan fingerprint density at radius 1 is 1.35 bits per heavy atom. The lowest BCUT2D eigenvalue weighted by Crippen LogP contribution is -2.16. The van der Waals surface area contributed by atoms with Gasteiger partial charge in [0.05, 0.1) is 11.8 Å². The van der Waals surface area contributed by atoms with Crippen molar-refractivity contribution in [2.24, 2.45) is 11.8 Å². The van der Waals surface area contributed by atoms with Gasteiger partial charge >= 0.3 is 5.97 Å². The molecule has 0 heterocycles. The maximum atomic E-state index is 11.6. The Hall–Kier alpha value is -2.04. The van der Waals surface area contributed by atoms with E-state index in [4.69, 9.17) is 5.11 Å². The minimum atomic E-state index is -0.924. The number of anilines is 1. The van der Waals surface area contributed by atoms with Gasteiger partial charge < -0.3 is 15.5 Å². The van der Waals surface area contributed by atoms with Crippen molar-refractivity contribution < 1.29 is 19.8 Å². The highest BCUT2D eigenvalue weighted by molar-refractivity contribution is 5.98. The van der Waals surface area contributed by atoms with Crippen LogP contribution in [0.1, 0.15) is 12.0 Å². The third-order valence-electron chi connectivity index (χ3n) is 2.91. The minimum absolute atomic E-state index is 0.165. The molecule has 2 rings (SSSR count). The summed E-state index contributed by atoms with van der Waals surface area (Å²) in [6, 6.07) is 4.72. The van der Waals surface area contributed by atoms with Gasteiger partial charge in [0.1, 0.15) is 5.75 Å². The summed E-state index contributed by atoms with van der Waals surface area (Å²) in [6.07, 6.45) is 0.401. The molecule has 1 saturated carbocycles. The summed E-state index contributed by atoms with van der Waals surface area (Å²) in [6.45, 7) is 1.72. The van der Waals surface area contributed by atoms with Gasteiger partial charge in [-0.25, -0.2) is 0 Å². The van der Waals surface area contributed by atoms with Crippen molar-refractivity contribution in [2.75, 3.05) is 5.32 Å². The maximum absolute atomic E-state index is 11.6. The van der Waals surface area contributed by atoms with E-state index in [0.29, 0.717) is 17.7 Å². The van der Waals surface area contributed by atoms with E-state index in [1.807, 2.05) is 0 Å². The number of carboxylic acids is 1. The molecule has 1 aliphatic rings. The minimum Gasteiger partial charge on any atom is -0.508 e. The van der Waals surface area contributed by atoms with Crippen LogP contribution in [0.3, 0.4) is 0 Å². The van der Waals surface area contributed by atoms with E-state index in [1.165, 1.54) is 6.07 Å². The van der Waals surface area contributed by atoms with Crippen LogP contribution in [0.4, 0.5) is 5.69 Å². The number of benzene rings is 1. The van der Waals surface area contributed by atoms with Crippen molar-refractivity contribution in [1.29, 1.82) is 0 Å². The van der Waals surface area contributed by atoms with Crippen molar-refractivity contribution in [3.63, 3.8) is 0 Å². The molecule has 0 aromatic heterocycles. The normalized spacial score (nSPS) is 21.9. The number of aliphatic carboxylic acids is 1. The quantitative estimate of drug-likeness (QED) is 0.690. The first kappa shape index (κ1) is 11.4. The van der Waals surface area contributed by atoms with E-state index >= 15 is 0 Å². The number of carbonyl (C=O) groups is 2. The Balaban J connectivity index is 2.00. The number of hydrogen-bond donors (Lipinski definition) is 3. The molecule has 5 heteroatoms. The van der Waals surface area contributed by atoms with E-state index in [1.54, 1.807) is 19.1 Å². The number of aromatic hydroxyl groups is 1. The van der Waals surface area contributed by atoms with Crippen LogP contribution in [0, 0.1) is 18.8 Å². The SMILES string of the molecule is Cc1cc(NC(=O)[C@@H]2C[C@@H]2C(=O)O)ccc1O. The van der Waals surface area contributed by atoms with Gasteiger partial charge in [-0.15, -0.1) is 0 Å². The van der Waals surface area contributed by atoms with Gasteiger partial charge in [-0.1, -0.05) is 0 Å². The number of carbonyl (C=O) groups excluding carboxylic acids is 1. The second kappa shape index (κ2) is 4.08. The molecule has 0 saturated heterocycles. The summed E-state index contributed by atoms with van der Waals surface area (Å²) in [5.74, 6) is -2.01. The van der Waals surface area contributed by atoms with E-state index in [9.17, 15) is 14.7 Å². The van der Waals surface area contributed by atoms with Crippen molar-refractivity contribution in [2.45, 2.75) is 13.3 Å². The zero-order valence-corrected chi connectivity index (χ0v) is 9.30. The molecule has 5 nitrogen and oxygen atoms in total. The molecule has 0 spiro atoms. The monoisotopic (exact) mass is 235 g/mol. The Morgan fingerprint density at radius 3 is 2.59 bits per heavy atom. The fourth-order valence-corrected chi connectivity index (χ4v) is 1.73. The standard InChI is InChI=1S/C12H13NO4/c1-6-4-7(2-3-10(6)14)13-11(15)8-5-9(8)12(16)17/h2-4,8-9,14H,5H2,1H3,(H,13,15)(H,16,17)/t8-,9+/m1/s1. The molecule has 1 amide bonds. The lowest BCUT2D eigenvalue weighted by atomic mass is 10.2. The lowest BCUT2D eigenvalue weighted by molar-refractivity contribution is -0.139. The number of phenols is 1. The fourth-order valence-electron chi connectivity index (χ4n) is 1.73. The average Bonchev–Trinajstić information content (AvgIpc) is 3.03. The summed E-state index contributed by atoms with van der Waals surface area (Å²) >= 11 is 0. The average molecular weight is 235 g/mol. The molecule has 1 aliphatic carbocycles. The second-order valence-electron chi connectivity index (χ2n) is 4.28. The zero-order valence-electron chi connectivity index (χ0n) is 9.30. The van der Waals surface area contributed by atoms with E-state index in [2.05, 4.69) is 5.32 Å². The number of rotatable bonds is 3. The van der Waals surface area contributed by atoms with Gasteiger partial charge in [0.25, 0.3) is 0 Å². The van der Waals surface area contributed by atoms with Crippen LogP contribution in [-0.4, -0.2) is 22.1 Å². The number of nitrogens with one attached hydrogen (secondary N) is 1. The lowest BCUT2D eigenvalue weighted by Gasteiger charge is -2.06. The van der Waals surface area contributed by atoms with Crippen LogP contribution in [0.2, 0.25) is 0 Å². The summed E-state index contributed by atoms with van der Waals surface area (Å²) < 4.78 is 0. The first-order valence-electron chi connectivity index (χ1n) is 5.32. The molecule has 0 bridgehead atoms. The van der Waals surface area contributed by atoms with Crippen molar-refractivity contribution >= 4 is 17.6 Å². The predicted molar refractivity (Wildman–Crippen MR) is 60.7 cm³/mol. The van der Waals surface area contributed by atoms with Crippen LogP contribution in [-0.2, 0) is 9.59 Å². The summed E-state index contributed by atoms with van der Waals surface area (Å²) in [4.78, 5) is 22.3. The molecule has 1 aromatic carbocycles. The Morgan fingerprint density at radius 2 is 2.06 bits per heavy atom. The van der Waals surface area contributed by atoms with Crippen LogP contribution < -0.4 is 5.32 Å².